The van der Waals surface area contributed by atoms with E-state index in [2.05, 4.69) is 4.98 Å². The van der Waals surface area contributed by atoms with Gasteiger partial charge < -0.3 is 0 Å². The summed E-state index contributed by atoms with van der Waals surface area (Å²) in [4.78, 5) is 15.2. The fraction of sp³-hybridized carbons (Fsp3) is 0.455. The van der Waals surface area contributed by atoms with Crippen LogP contribution in [0.3, 0.4) is 0 Å². The van der Waals surface area contributed by atoms with Gasteiger partial charge in [0, 0.05) is 23.4 Å². The molecule has 0 N–H and O–H groups in total. The van der Waals surface area contributed by atoms with Crippen molar-refractivity contribution < 1.29 is 4.79 Å². The number of rotatable bonds is 2. The molecule has 1 aromatic heterocycles. The zero-order valence-electron chi connectivity index (χ0n) is 7.87. The molecule has 0 unspecified atom stereocenters. The van der Waals surface area contributed by atoms with Crippen molar-refractivity contribution in [2.45, 2.75) is 31.6 Å². The molecule has 1 aromatic rings. The molecule has 2 rings (SSSR count). The van der Waals surface area contributed by atoms with Gasteiger partial charge in [-0.2, -0.15) is 0 Å². The summed E-state index contributed by atoms with van der Waals surface area (Å²) >= 11 is 5.42. The molecule has 14 heavy (non-hydrogen) atoms. The SMILES string of the molecule is O=C(Cl)c1ccnc(C2CCCC2)c1. The molecule has 0 aliphatic heterocycles. The molecule has 0 saturated heterocycles. The van der Waals surface area contributed by atoms with Crippen LogP contribution in [-0.2, 0) is 0 Å². The van der Waals surface area contributed by atoms with E-state index >= 15 is 0 Å². The van der Waals surface area contributed by atoms with Crippen LogP contribution in [0.4, 0.5) is 0 Å². The van der Waals surface area contributed by atoms with E-state index in [0.717, 1.165) is 5.69 Å². The van der Waals surface area contributed by atoms with Gasteiger partial charge in [-0.25, -0.2) is 0 Å². The van der Waals surface area contributed by atoms with Gasteiger partial charge in [0.1, 0.15) is 0 Å². The van der Waals surface area contributed by atoms with E-state index in [4.69, 9.17) is 11.6 Å². The summed E-state index contributed by atoms with van der Waals surface area (Å²) in [6, 6.07) is 3.49. The molecule has 0 bridgehead atoms. The first kappa shape index (κ1) is 9.66. The highest BCUT2D eigenvalue weighted by atomic mass is 35.5. The van der Waals surface area contributed by atoms with Crippen molar-refractivity contribution >= 4 is 16.8 Å². The summed E-state index contributed by atoms with van der Waals surface area (Å²) in [5.74, 6) is 0.533. The van der Waals surface area contributed by atoms with Crippen LogP contribution in [0.1, 0.15) is 47.7 Å². The smallest absolute Gasteiger partial charge is 0.252 e. The van der Waals surface area contributed by atoms with Crippen LogP contribution in [0.5, 0.6) is 0 Å². The molecule has 0 aromatic carbocycles. The van der Waals surface area contributed by atoms with Crippen molar-refractivity contribution in [3.05, 3.63) is 29.6 Å². The van der Waals surface area contributed by atoms with Crippen LogP contribution < -0.4 is 0 Å². The second-order valence-electron chi connectivity index (χ2n) is 3.72. The lowest BCUT2D eigenvalue weighted by Crippen LogP contribution is -1.99. The molecule has 1 saturated carbocycles. The number of carbonyl (C=O) groups excluding carboxylic acids is 1. The number of aromatic nitrogens is 1. The summed E-state index contributed by atoms with van der Waals surface area (Å²) in [5, 5.41) is -0.397. The number of pyridine rings is 1. The molecular weight excluding hydrogens is 198 g/mol. The van der Waals surface area contributed by atoms with E-state index in [9.17, 15) is 4.79 Å². The first-order valence-corrected chi connectivity index (χ1v) is 5.31. The third kappa shape index (κ3) is 1.95. The Kier molecular flexibility index (Phi) is 2.82. The summed E-state index contributed by atoms with van der Waals surface area (Å²) in [7, 11) is 0. The van der Waals surface area contributed by atoms with E-state index in [1.54, 1.807) is 12.3 Å². The average molecular weight is 210 g/mol. The summed E-state index contributed by atoms with van der Waals surface area (Å²) < 4.78 is 0. The number of carbonyl (C=O) groups is 1. The van der Waals surface area contributed by atoms with Gasteiger partial charge in [0.2, 0.25) is 0 Å². The van der Waals surface area contributed by atoms with E-state index in [1.165, 1.54) is 25.7 Å². The predicted molar refractivity (Wildman–Crippen MR) is 55.6 cm³/mol. The first-order valence-electron chi connectivity index (χ1n) is 4.93. The topological polar surface area (TPSA) is 30.0 Å². The largest absolute Gasteiger partial charge is 0.276 e. The third-order valence-corrected chi connectivity index (χ3v) is 3.00. The summed E-state index contributed by atoms with van der Waals surface area (Å²) in [6.07, 6.45) is 6.58. The summed E-state index contributed by atoms with van der Waals surface area (Å²) in [6.45, 7) is 0. The fourth-order valence-electron chi connectivity index (χ4n) is 2.02. The quantitative estimate of drug-likeness (QED) is 0.701. The van der Waals surface area contributed by atoms with Crippen molar-refractivity contribution in [3.8, 4) is 0 Å². The maximum atomic E-state index is 11.0. The normalized spacial score (nSPS) is 17.2. The maximum Gasteiger partial charge on any atom is 0.252 e. The average Bonchev–Trinajstić information content (AvgIpc) is 2.71. The Bertz CT molecular complexity index is 345. The second-order valence-corrected chi connectivity index (χ2v) is 4.07. The lowest BCUT2D eigenvalue weighted by Gasteiger charge is -2.08. The highest BCUT2D eigenvalue weighted by Crippen LogP contribution is 2.33. The molecule has 74 valence electrons. The molecule has 0 radical (unpaired) electrons. The first-order chi connectivity index (χ1) is 6.77. The lowest BCUT2D eigenvalue weighted by molar-refractivity contribution is 0.108. The molecule has 0 atom stereocenters. The lowest BCUT2D eigenvalue weighted by atomic mass is 10.0. The third-order valence-electron chi connectivity index (χ3n) is 2.78. The van der Waals surface area contributed by atoms with Gasteiger partial charge in [0.25, 0.3) is 5.24 Å². The van der Waals surface area contributed by atoms with Crippen LogP contribution in [0.25, 0.3) is 0 Å². The van der Waals surface area contributed by atoms with Gasteiger partial charge in [-0.05, 0) is 36.6 Å². The van der Waals surface area contributed by atoms with Crippen molar-refractivity contribution in [3.63, 3.8) is 0 Å². The summed E-state index contributed by atoms with van der Waals surface area (Å²) in [5.41, 5.74) is 1.58. The van der Waals surface area contributed by atoms with Gasteiger partial charge in [-0.1, -0.05) is 12.8 Å². The van der Waals surface area contributed by atoms with E-state index in [0.29, 0.717) is 11.5 Å². The van der Waals surface area contributed by atoms with Gasteiger partial charge in [0.05, 0.1) is 0 Å². The Morgan fingerprint density at radius 3 is 2.79 bits per heavy atom. The van der Waals surface area contributed by atoms with Gasteiger partial charge in [0.15, 0.2) is 0 Å². The number of halogens is 1. The Morgan fingerprint density at radius 2 is 2.14 bits per heavy atom. The van der Waals surface area contributed by atoms with Crippen LogP contribution in [0, 0.1) is 0 Å². The van der Waals surface area contributed by atoms with Crippen molar-refractivity contribution in [2.24, 2.45) is 0 Å². The Hall–Kier alpha value is -0.890. The second kappa shape index (κ2) is 4.09. The predicted octanol–water partition coefficient (Wildman–Crippen LogP) is 3.12. The van der Waals surface area contributed by atoms with Crippen molar-refractivity contribution in [2.75, 3.05) is 0 Å². The Balaban J connectivity index is 2.25. The molecular formula is C11H12ClNO. The van der Waals surface area contributed by atoms with Crippen LogP contribution in [0.2, 0.25) is 0 Å². The highest BCUT2D eigenvalue weighted by molar-refractivity contribution is 6.67. The highest BCUT2D eigenvalue weighted by Gasteiger charge is 2.18. The molecule has 0 spiro atoms. The minimum Gasteiger partial charge on any atom is -0.276 e. The molecule has 1 aliphatic rings. The van der Waals surface area contributed by atoms with Crippen molar-refractivity contribution in [1.82, 2.24) is 4.98 Å². The van der Waals surface area contributed by atoms with Gasteiger partial charge >= 0.3 is 0 Å². The fourth-order valence-corrected chi connectivity index (χ4v) is 2.13. The van der Waals surface area contributed by atoms with Crippen LogP contribution in [-0.4, -0.2) is 10.2 Å². The Labute approximate surface area is 88.3 Å². The van der Waals surface area contributed by atoms with E-state index in [1.807, 2.05) is 6.07 Å². The molecule has 1 aliphatic carbocycles. The minimum absolute atomic E-state index is 0.397. The van der Waals surface area contributed by atoms with Crippen molar-refractivity contribution in [1.29, 1.82) is 0 Å². The van der Waals surface area contributed by atoms with Gasteiger partial charge in [-0.15, -0.1) is 0 Å². The van der Waals surface area contributed by atoms with Gasteiger partial charge in [-0.3, -0.25) is 9.78 Å². The monoisotopic (exact) mass is 209 g/mol. The van der Waals surface area contributed by atoms with Crippen LogP contribution >= 0.6 is 11.6 Å². The molecule has 2 nitrogen and oxygen atoms in total. The molecule has 3 heteroatoms. The minimum atomic E-state index is -0.397. The number of hydrogen-bond acceptors (Lipinski definition) is 2. The number of hydrogen-bond donors (Lipinski definition) is 0. The molecule has 1 heterocycles. The van der Waals surface area contributed by atoms with E-state index in [-0.39, 0.29) is 0 Å². The molecule has 1 fully saturated rings. The van der Waals surface area contributed by atoms with E-state index < -0.39 is 5.24 Å². The zero-order valence-corrected chi connectivity index (χ0v) is 8.63. The maximum absolute atomic E-state index is 11.0. The molecule has 0 amide bonds. The standard InChI is InChI=1S/C11H12ClNO/c12-11(14)9-5-6-13-10(7-9)8-3-1-2-4-8/h5-8H,1-4H2. The van der Waals surface area contributed by atoms with Crippen LogP contribution in [0.15, 0.2) is 18.3 Å². The zero-order chi connectivity index (χ0) is 9.97. The number of nitrogens with zero attached hydrogens (tertiary/aromatic N) is 1. The Morgan fingerprint density at radius 1 is 1.43 bits per heavy atom.